The number of hydrogen-bond acceptors (Lipinski definition) is 2. The lowest BCUT2D eigenvalue weighted by Crippen LogP contribution is -2.29. The fourth-order valence-electron chi connectivity index (χ4n) is 3.38. The molecule has 128 valence electrons. The highest BCUT2D eigenvalue weighted by Gasteiger charge is 2.34. The number of amides is 2. The number of benzene rings is 1. The van der Waals surface area contributed by atoms with Gasteiger partial charge in [0, 0.05) is 25.2 Å². The number of nitrogens with zero attached hydrogens (tertiary/aromatic N) is 1. The summed E-state index contributed by atoms with van der Waals surface area (Å²) in [5, 5.41) is 2.70. The van der Waals surface area contributed by atoms with E-state index in [1.807, 2.05) is 0 Å². The van der Waals surface area contributed by atoms with Gasteiger partial charge < -0.3 is 10.2 Å². The maximum absolute atomic E-state index is 13.2. The molecule has 1 fully saturated rings. The van der Waals surface area contributed by atoms with Gasteiger partial charge in [-0.1, -0.05) is 17.7 Å². The normalized spacial score (nSPS) is 20.9. The molecule has 3 rings (SSSR count). The summed E-state index contributed by atoms with van der Waals surface area (Å²) in [7, 11) is 0. The molecule has 4 nitrogen and oxygen atoms in total. The summed E-state index contributed by atoms with van der Waals surface area (Å²) in [5.74, 6) is -0.932. The number of anilines is 1. The molecule has 1 aliphatic carbocycles. The van der Waals surface area contributed by atoms with Crippen LogP contribution in [0.2, 0.25) is 0 Å². The molecule has 2 aliphatic rings. The van der Waals surface area contributed by atoms with Gasteiger partial charge in [0.2, 0.25) is 11.8 Å². The average Bonchev–Trinajstić information content (AvgIpc) is 2.95. The molecular weight excluding hydrogens is 307 g/mol. The van der Waals surface area contributed by atoms with Gasteiger partial charge in [0.15, 0.2) is 0 Å². The second-order valence-corrected chi connectivity index (χ2v) is 6.60. The van der Waals surface area contributed by atoms with Gasteiger partial charge in [-0.25, -0.2) is 4.39 Å². The lowest BCUT2D eigenvalue weighted by molar-refractivity contribution is -0.128. The van der Waals surface area contributed by atoms with Crippen LogP contribution >= 0.6 is 0 Å². The summed E-state index contributed by atoms with van der Waals surface area (Å²) in [5.41, 5.74) is 1.86. The molecule has 0 radical (unpaired) electrons. The fourth-order valence-corrected chi connectivity index (χ4v) is 3.38. The summed E-state index contributed by atoms with van der Waals surface area (Å²) in [4.78, 5) is 26.2. The van der Waals surface area contributed by atoms with E-state index in [9.17, 15) is 14.0 Å². The maximum Gasteiger partial charge on any atom is 0.229 e. The minimum absolute atomic E-state index is 0.0331. The van der Waals surface area contributed by atoms with Crippen LogP contribution in [0.25, 0.3) is 0 Å². The molecule has 0 bridgehead atoms. The van der Waals surface area contributed by atoms with Crippen molar-refractivity contribution in [1.29, 1.82) is 0 Å². The number of carbonyl (C=O) groups excluding carboxylic acids is 2. The van der Waals surface area contributed by atoms with E-state index >= 15 is 0 Å². The molecule has 1 N–H and O–H groups in total. The molecule has 1 aromatic rings. The Bertz CT molecular complexity index is 657. The van der Waals surface area contributed by atoms with E-state index in [-0.39, 0.29) is 24.2 Å². The van der Waals surface area contributed by atoms with Gasteiger partial charge in [0.1, 0.15) is 5.82 Å². The number of allylic oxidation sites excluding steroid dienone is 1. The van der Waals surface area contributed by atoms with E-state index in [0.717, 1.165) is 19.3 Å². The third-order valence-electron chi connectivity index (χ3n) is 4.77. The number of carbonyl (C=O) groups is 2. The average molecular weight is 330 g/mol. The van der Waals surface area contributed by atoms with Crippen molar-refractivity contribution in [2.75, 3.05) is 18.4 Å². The Morgan fingerprint density at radius 1 is 1.33 bits per heavy atom. The van der Waals surface area contributed by atoms with Crippen molar-refractivity contribution in [2.45, 2.75) is 38.5 Å². The molecule has 0 saturated carbocycles. The van der Waals surface area contributed by atoms with Gasteiger partial charge in [0.05, 0.1) is 5.92 Å². The minimum atomic E-state index is -0.391. The molecule has 1 unspecified atom stereocenters. The van der Waals surface area contributed by atoms with Gasteiger partial charge >= 0.3 is 0 Å². The topological polar surface area (TPSA) is 49.4 Å². The third kappa shape index (κ3) is 4.22. The summed E-state index contributed by atoms with van der Waals surface area (Å²) >= 11 is 0. The summed E-state index contributed by atoms with van der Waals surface area (Å²) in [6, 6.07) is 5.80. The van der Waals surface area contributed by atoms with Crippen LogP contribution in [0.3, 0.4) is 0 Å². The Labute approximate surface area is 141 Å². The van der Waals surface area contributed by atoms with Gasteiger partial charge in [-0.05, 0) is 50.3 Å². The van der Waals surface area contributed by atoms with Crippen LogP contribution in [0.15, 0.2) is 35.9 Å². The number of likely N-dealkylation sites (tertiary alicyclic amines) is 1. The molecule has 0 spiro atoms. The first kappa shape index (κ1) is 16.7. The van der Waals surface area contributed by atoms with Gasteiger partial charge in [0.25, 0.3) is 0 Å². The number of halogens is 1. The standard InChI is InChI=1S/C19H23FN2O2/c20-16-7-4-8-17(12-16)21-19(24)15-11-18(23)22(13-15)10-9-14-5-2-1-3-6-14/h4-5,7-8,12,15H,1-3,6,9-11,13H2,(H,21,24). The predicted octanol–water partition coefficient (Wildman–Crippen LogP) is 3.50. The summed E-state index contributed by atoms with van der Waals surface area (Å²) < 4.78 is 13.2. The smallest absolute Gasteiger partial charge is 0.229 e. The quantitative estimate of drug-likeness (QED) is 0.840. The Kier molecular flexibility index (Phi) is 5.28. The first-order chi connectivity index (χ1) is 11.6. The number of nitrogens with one attached hydrogen (secondary N) is 1. The monoisotopic (exact) mass is 330 g/mol. The van der Waals surface area contributed by atoms with Crippen LogP contribution in [0.1, 0.15) is 38.5 Å². The molecule has 0 aromatic heterocycles. The van der Waals surface area contributed by atoms with E-state index in [1.54, 1.807) is 17.0 Å². The molecule has 5 heteroatoms. The Morgan fingerprint density at radius 2 is 2.21 bits per heavy atom. The van der Waals surface area contributed by atoms with Crippen LogP contribution in [0, 0.1) is 11.7 Å². The summed E-state index contributed by atoms with van der Waals surface area (Å²) in [6.45, 7) is 1.14. The maximum atomic E-state index is 13.2. The second kappa shape index (κ2) is 7.60. The molecule has 1 aliphatic heterocycles. The highest BCUT2D eigenvalue weighted by atomic mass is 19.1. The van der Waals surface area contributed by atoms with Gasteiger partial charge in [-0.3, -0.25) is 9.59 Å². The van der Waals surface area contributed by atoms with E-state index in [1.165, 1.54) is 30.5 Å². The largest absolute Gasteiger partial charge is 0.342 e. The predicted molar refractivity (Wildman–Crippen MR) is 90.9 cm³/mol. The lowest BCUT2D eigenvalue weighted by atomic mass is 9.97. The first-order valence-electron chi connectivity index (χ1n) is 8.64. The molecule has 24 heavy (non-hydrogen) atoms. The zero-order chi connectivity index (χ0) is 16.9. The highest BCUT2D eigenvalue weighted by molar-refractivity contribution is 5.97. The van der Waals surface area contributed by atoms with Crippen molar-refractivity contribution in [3.8, 4) is 0 Å². The van der Waals surface area contributed by atoms with Gasteiger partial charge in [-0.2, -0.15) is 0 Å². The SMILES string of the molecule is O=C(Nc1cccc(F)c1)C1CC(=O)N(CCC2=CCCCC2)C1. The molecular formula is C19H23FN2O2. The molecule has 2 amide bonds. The zero-order valence-corrected chi connectivity index (χ0v) is 13.8. The van der Waals surface area contributed by atoms with Crippen molar-refractivity contribution < 1.29 is 14.0 Å². The molecule has 1 atom stereocenters. The lowest BCUT2D eigenvalue weighted by Gasteiger charge is -2.19. The van der Waals surface area contributed by atoms with Crippen LogP contribution in [0.5, 0.6) is 0 Å². The van der Waals surface area contributed by atoms with Crippen molar-refractivity contribution in [3.63, 3.8) is 0 Å². The summed E-state index contributed by atoms with van der Waals surface area (Å²) in [6.07, 6.45) is 8.20. The number of hydrogen-bond donors (Lipinski definition) is 1. The number of rotatable bonds is 5. The first-order valence-corrected chi connectivity index (χ1v) is 8.64. The van der Waals surface area contributed by atoms with E-state index < -0.39 is 5.82 Å². The molecule has 1 heterocycles. The Hall–Kier alpha value is -2.17. The Balaban J connectivity index is 1.52. The van der Waals surface area contributed by atoms with Crippen LogP contribution < -0.4 is 5.32 Å². The van der Waals surface area contributed by atoms with Crippen molar-refractivity contribution in [1.82, 2.24) is 4.90 Å². The zero-order valence-electron chi connectivity index (χ0n) is 13.8. The second-order valence-electron chi connectivity index (χ2n) is 6.60. The third-order valence-corrected chi connectivity index (χ3v) is 4.77. The molecule has 1 aromatic carbocycles. The minimum Gasteiger partial charge on any atom is -0.342 e. The van der Waals surface area contributed by atoms with Crippen molar-refractivity contribution >= 4 is 17.5 Å². The van der Waals surface area contributed by atoms with Crippen molar-refractivity contribution in [3.05, 3.63) is 41.7 Å². The van der Waals surface area contributed by atoms with Crippen molar-refractivity contribution in [2.24, 2.45) is 5.92 Å². The Morgan fingerprint density at radius 3 is 2.96 bits per heavy atom. The fraction of sp³-hybridized carbons (Fsp3) is 0.474. The van der Waals surface area contributed by atoms with Crippen LogP contribution in [-0.4, -0.2) is 29.8 Å². The van der Waals surface area contributed by atoms with Gasteiger partial charge in [-0.15, -0.1) is 0 Å². The van der Waals surface area contributed by atoms with Crippen LogP contribution in [0.4, 0.5) is 10.1 Å². The van der Waals surface area contributed by atoms with E-state index in [2.05, 4.69) is 11.4 Å². The molecule has 1 saturated heterocycles. The van der Waals surface area contributed by atoms with E-state index in [0.29, 0.717) is 18.8 Å². The van der Waals surface area contributed by atoms with Crippen LogP contribution in [-0.2, 0) is 9.59 Å². The van der Waals surface area contributed by atoms with E-state index in [4.69, 9.17) is 0 Å². The highest BCUT2D eigenvalue weighted by Crippen LogP contribution is 2.24.